The first kappa shape index (κ1) is 13.4. The van der Waals surface area contributed by atoms with Crippen LogP contribution < -0.4 is 11.2 Å². The van der Waals surface area contributed by atoms with Gasteiger partial charge in [0.1, 0.15) is 6.61 Å². The lowest BCUT2D eigenvalue weighted by atomic mass is 10.1. The molecule has 0 saturated carbocycles. The predicted molar refractivity (Wildman–Crippen MR) is 59.0 cm³/mol. The third kappa shape index (κ3) is 3.67. The normalized spacial score (nSPS) is 10.6. The van der Waals surface area contributed by atoms with E-state index in [1.54, 1.807) is 6.92 Å². The largest absolute Gasteiger partial charge is 0.398 e. The lowest BCUT2D eigenvalue weighted by Gasteiger charge is -2.12. The molecule has 1 aromatic carbocycles. The summed E-state index contributed by atoms with van der Waals surface area (Å²) < 4.78 is 25.3. The second kappa shape index (κ2) is 6.15. The van der Waals surface area contributed by atoms with Gasteiger partial charge in [0.2, 0.25) is 5.91 Å². The Labute approximate surface area is 97.7 Å². The number of carbonyl (C=O) groups is 1. The van der Waals surface area contributed by atoms with Crippen LogP contribution in [0, 0.1) is 0 Å². The smallest absolute Gasteiger partial charge is 0.264 e. The number of carbonyl (C=O) groups excluding carboxylic acids is 1. The number of amides is 1. The van der Waals surface area contributed by atoms with Gasteiger partial charge in [-0.05, 0) is 6.07 Å². The molecule has 94 valence electrons. The second-order valence-electron chi connectivity index (χ2n) is 3.38. The molecule has 0 radical (unpaired) electrons. The van der Waals surface area contributed by atoms with Gasteiger partial charge < -0.3 is 5.73 Å². The minimum atomic E-state index is -2.63. The van der Waals surface area contributed by atoms with E-state index in [9.17, 15) is 13.6 Å². The van der Waals surface area contributed by atoms with E-state index < -0.39 is 6.43 Å². The molecule has 4 nitrogen and oxygen atoms in total. The summed E-state index contributed by atoms with van der Waals surface area (Å²) in [7, 11) is 0. The van der Waals surface area contributed by atoms with Crippen molar-refractivity contribution in [3.63, 3.8) is 0 Å². The van der Waals surface area contributed by atoms with Crippen LogP contribution in [0.4, 0.5) is 14.5 Å². The van der Waals surface area contributed by atoms with Crippen LogP contribution in [0.5, 0.6) is 0 Å². The molecule has 1 rings (SSSR count). The van der Waals surface area contributed by atoms with E-state index >= 15 is 0 Å². The zero-order valence-electron chi connectivity index (χ0n) is 9.37. The van der Waals surface area contributed by atoms with E-state index in [0.717, 1.165) is 0 Å². The molecule has 17 heavy (non-hydrogen) atoms. The minimum absolute atomic E-state index is 0.182. The molecule has 0 fully saturated rings. The van der Waals surface area contributed by atoms with Crippen LogP contribution in [0.25, 0.3) is 0 Å². The van der Waals surface area contributed by atoms with Crippen molar-refractivity contribution in [1.82, 2.24) is 5.48 Å². The van der Waals surface area contributed by atoms with Gasteiger partial charge in [0.15, 0.2) is 0 Å². The highest BCUT2D eigenvalue weighted by Gasteiger charge is 2.15. The van der Waals surface area contributed by atoms with Crippen LogP contribution in [-0.4, -0.2) is 5.91 Å². The fourth-order valence-corrected chi connectivity index (χ4v) is 1.26. The minimum Gasteiger partial charge on any atom is -0.398 e. The summed E-state index contributed by atoms with van der Waals surface area (Å²) in [4.78, 5) is 15.7. The third-order valence-corrected chi connectivity index (χ3v) is 2.21. The predicted octanol–water partition coefficient (Wildman–Crippen LogP) is 2.16. The molecular weight excluding hydrogens is 230 g/mol. The summed E-state index contributed by atoms with van der Waals surface area (Å²) in [5, 5.41) is 0. The van der Waals surface area contributed by atoms with Crippen molar-refractivity contribution in [2.75, 3.05) is 5.73 Å². The van der Waals surface area contributed by atoms with E-state index in [-0.39, 0.29) is 35.7 Å². The van der Waals surface area contributed by atoms with Crippen LogP contribution in [0.15, 0.2) is 18.2 Å². The summed E-state index contributed by atoms with van der Waals surface area (Å²) in [6.45, 7) is 1.47. The second-order valence-corrected chi connectivity index (χ2v) is 3.38. The molecule has 0 saturated heterocycles. The molecule has 0 bridgehead atoms. The Morgan fingerprint density at radius 1 is 1.53 bits per heavy atom. The van der Waals surface area contributed by atoms with Gasteiger partial charge in [-0.2, -0.15) is 0 Å². The van der Waals surface area contributed by atoms with Crippen LogP contribution in [0.1, 0.15) is 30.9 Å². The maximum atomic E-state index is 12.7. The van der Waals surface area contributed by atoms with Crippen LogP contribution in [0.3, 0.4) is 0 Å². The van der Waals surface area contributed by atoms with Gasteiger partial charge in [-0.15, -0.1) is 0 Å². The van der Waals surface area contributed by atoms with Gasteiger partial charge >= 0.3 is 0 Å². The van der Waals surface area contributed by atoms with Crippen LogP contribution in [0.2, 0.25) is 0 Å². The molecule has 0 heterocycles. The number of nitrogens with one attached hydrogen (secondary N) is 1. The molecule has 3 N–H and O–H groups in total. The van der Waals surface area contributed by atoms with Gasteiger partial charge in [0.05, 0.1) is 0 Å². The third-order valence-electron chi connectivity index (χ3n) is 2.21. The maximum absolute atomic E-state index is 12.7. The van der Waals surface area contributed by atoms with E-state index in [4.69, 9.17) is 10.6 Å². The maximum Gasteiger partial charge on any atom is 0.264 e. The first-order valence-electron chi connectivity index (χ1n) is 5.12. The standard InChI is InChI=1S/C11H14F2N2O2/c1-2-10(16)15-17-6-8-7(11(12)13)4-3-5-9(8)14/h3-5,11H,2,6,14H2,1H3,(H,15,16). The number of halogens is 2. The highest BCUT2D eigenvalue weighted by atomic mass is 19.3. The number of alkyl halides is 2. The number of anilines is 1. The lowest BCUT2D eigenvalue weighted by molar-refractivity contribution is -0.134. The fraction of sp³-hybridized carbons (Fsp3) is 0.364. The number of nitrogen functional groups attached to an aromatic ring is 1. The topological polar surface area (TPSA) is 64.3 Å². The van der Waals surface area contributed by atoms with Crippen molar-refractivity contribution < 1.29 is 18.4 Å². The molecular formula is C11H14F2N2O2. The average Bonchev–Trinajstić information content (AvgIpc) is 2.30. The highest BCUT2D eigenvalue weighted by Crippen LogP contribution is 2.27. The Morgan fingerprint density at radius 2 is 2.24 bits per heavy atom. The summed E-state index contributed by atoms with van der Waals surface area (Å²) in [5.74, 6) is -0.321. The summed E-state index contributed by atoms with van der Waals surface area (Å²) in [6, 6.07) is 4.23. The molecule has 0 unspecified atom stereocenters. The number of hydrogen-bond donors (Lipinski definition) is 2. The number of benzene rings is 1. The van der Waals surface area contributed by atoms with E-state index in [0.29, 0.717) is 0 Å². The Hall–Kier alpha value is -1.69. The first-order chi connectivity index (χ1) is 8.06. The van der Waals surface area contributed by atoms with E-state index in [2.05, 4.69) is 5.48 Å². The van der Waals surface area contributed by atoms with E-state index in [1.165, 1.54) is 18.2 Å². The Morgan fingerprint density at radius 3 is 2.82 bits per heavy atom. The Bertz CT molecular complexity index is 397. The molecule has 0 spiro atoms. The number of nitrogens with two attached hydrogens (primary N) is 1. The van der Waals surface area contributed by atoms with Crippen molar-refractivity contribution in [3.8, 4) is 0 Å². The SMILES string of the molecule is CCC(=O)NOCc1c(N)cccc1C(F)F. The summed E-state index contributed by atoms with van der Waals surface area (Å²) in [6.07, 6.45) is -2.37. The van der Waals surface area contributed by atoms with Crippen LogP contribution >= 0.6 is 0 Å². The van der Waals surface area contributed by atoms with Gasteiger partial charge in [0.25, 0.3) is 6.43 Å². The molecule has 0 aliphatic heterocycles. The van der Waals surface area contributed by atoms with Crippen molar-refractivity contribution in [2.24, 2.45) is 0 Å². The highest BCUT2D eigenvalue weighted by molar-refractivity contribution is 5.74. The summed E-state index contributed by atoms with van der Waals surface area (Å²) >= 11 is 0. The van der Waals surface area contributed by atoms with Gasteiger partial charge in [-0.25, -0.2) is 14.3 Å². The van der Waals surface area contributed by atoms with Crippen LogP contribution in [-0.2, 0) is 16.2 Å². The number of hydroxylamine groups is 1. The molecule has 6 heteroatoms. The summed E-state index contributed by atoms with van der Waals surface area (Å²) in [5.41, 5.74) is 7.94. The first-order valence-corrected chi connectivity index (χ1v) is 5.12. The zero-order chi connectivity index (χ0) is 12.8. The Balaban J connectivity index is 2.72. The van der Waals surface area contributed by atoms with Crippen molar-refractivity contribution in [3.05, 3.63) is 29.3 Å². The molecule has 1 aromatic rings. The van der Waals surface area contributed by atoms with E-state index in [1.807, 2.05) is 0 Å². The Kier molecular flexibility index (Phi) is 4.84. The van der Waals surface area contributed by atoms with Crippen molar-refractivity contribution in [2.45, 2.75) is 26.4 Å². The van der Waals surface area contributed by atoms with Crippen molar-refractivity contribution in [1.29, 1.82) is 0 Å². The number of hydrogen-bond acceptors (Lipinski definition) is 3. The van der Waals surface area contributed by atoms with Gasteiger partial charge in [0, 0.05) is 23.2 Å². The van der Waals surface area contributed by atoms with Gasteiger partial charge in [-0.3, -0.25) is 9.63 Å². The molecule has 0 aliphatic carbocycles. The molecule has 1 amide bonds. The fourth-order valence-electron chi connectivity index (χ4n) is 1.26. The molecule has 0 aromatic heterocycles. The van der Waals surface area contributed by atoms with Gasteiger partial charge in [-0.1, -0.05) is 19.1 Å². The molecule has 0 atom stereocenters. The molecule has 0 aliphatic rings. The monoisotopic (exact) mass is 244 g/mol. The zero-order valence-corrected chi connectivity index (χ0v) is 9.37. The van der Waals surface area contributed by atoms with Crippen molar-refractivity contribution >= 4 is 11.6 Å². The number of rotatable bonds is 5. The lowest BCUT2D eigenvalue weighted by Crippen LogP contribution is -2.22. The quantitative estimate of drug-likeness (QED) is 0.616. The average molecular weight is 244 g/mol.